The number of hydrogen-bond acceptors (Lipinski definition) is 4. The van der Waals surface area contributed by atoms with Gasteiger partial charge in [0.15, 0.2) is 0 Å². The number of alkyl carbamates (subject to hydrolysis) is 1. The Balaban J connectivity index is 1.87. The van der Waals surface area contributed by atoms with E-state index < -0.39 is 23.5 Å². The van der Waals surface area contributed by atoms with E-state index in [1.165, 1.54) is 24.3 Å². The van der Waals surface area contributed by atoms with Crippen molar-refractivity contribution in [2.45, 2.75) is 26.4 Å². The average Bonchev–Trinajstić information content (AvgIpc) is 2.64. The molecule has 0 fully saturated rings. The molecule has 7 nitrogen and oxygen atoms in total. The Hall–Kier alpha value is -3.68. The second kappa shape index (κ2) is 10.2. The van der Waals surface area contributed by atoms with Crippen LogP contribution in [0, 0.1) is 5.82 Å². The number of halogens is 1. The minimum absolute atomic E-state index is 0.262. The normalized spacial score (nSPS) is 11.1. The van der Waals surface area contributed by atoms with Crippen LogP contribution >= 0.6 is 0 Å². The molecule has 0 heterocycles. The lowest BCUT2D eigenvalue weighted by Gasteiger charge is -2.19. The standard InChI is InChI=1S/C22H24FN3O4/c1-22(2,3)30-21(29)24-14-20(28)26-18-9-5-8-17(13-18)25-19(27)11-10-15-6-4-7-16(23)12-15/h4-13H,14H2,1-3H3,(H,24,29)(H,25,27)(H,26,28)/b11-10+. The summed E-state index contributed by atoms with van der Waals surface area (Å²) in [4.78, 5) is 35.6. The van der Waals surface area contributed by atoms with Gasteiger partial charge in [0, 0.05) is 17.5 Å². The van der Waals surface area contributed by atoms with Crippen molar-refractivity contribution < 1.29 is 23.5 Å². The Labute approximate surface area is 174 Å². The van der Waals surface area contributed by atoms with Crippen LogP contribution < -0.4 is 16.0 Å². The largest absolute Gasteiger partial charge is 0.444 e. The zero-order chi connectivity index (χ0) is 22.1. The van der Waals surface area contributed by atoms with Crippen molar-refractivity contribution in [2.75, 3.05) is 17.2 Å². The molecule has 0 aliphatic carbocycles. The molecule has 30 heavy (non-hydrogen) atoms. The fourth-order valence-electron chi connectivity index (χ4n) is 2.31. The number of hydrogen-bond donors (Lipinski definition) is 3. The third-order valence-electron chi connectivity index (χ3n) is 3.48. The summed E-state index contributed by atoms with van der Waals surface area (Å²) in [6, 6.07) is 12.4. The summed E-state index contributed by atoms with van der Waals surface area (Å²) >= 11 is 0. The Morgan fingerprint density at radius 3 is 2.33 bits per heavy atom. The first kappa shape index (κ1) is 22.6. The van der Waals surface area contributed by atoms with Gasteiger partial charge in [-0.05, 0) is 62.7 Å². The van der Waals surface area contributed by atoms with Gasteiger partial charge in [0.1, 0.15) is 18.0 Å². The molecule has 0 radical (unpaired) electrons. The first-order valence-corrected chi connectivity index (χ1v) is 9.22. The van der Waals surface area contributed by atoms with Crippen molar-refractivity contribution in [3.63, 3.8) is 0 Å². The van der Waals surface area contributed by atoms with Crippen LogP contribution in [-0.2, 0) is 14.3 Å². The molecule has 2 rings (SSSR count). The third-order valence-corrected chi connectivity index (χ3v) is 3.48. The van der Waals surface area contributed by atoms with Crippen LogP contribution in [-0.4, -0.2) is 30.1 Å². The number of benzene rings is 2. The van der Waals surface area contributed by atoms with Crippen LogP contribution in [0.2, 0.25) is 0 Å². The summed E-state index contributed by atoms with van der Waals surface area (Å²) in [7, 11) is 0. The minimum Gasteiger partial charge on any atom is -0.444 e. The van der Waals surface area contributed by atoms with Gasteiger partial charge in [-0.3, -0.25) is 9.59 Å². The van der Waals surface area contributed by atoms with Crippen molar-refractivity contribution in [1.29, 1.82) is 0 Å². The minimum atomic E-state index is -0.691. The van der Waals surface area contributed by atoms with Gasteiger partial charge >= 0.3 is 6.09 Å². The van der Waals surface area contributed by atoms with E-state index in [0.29, 0.717) is 16.9 Å². The van der Waals surface area contributed by atoms with Gasteiger partial charge in [-0.15, -0.1) is 0 Å². The lowest BCUT2D eigenvalue weighted by Crippen LogP contribution is -2.37. The molecule has 8 heteroatoms. The topological polar surface area (TPSA) is 96.5 Å². The first-order chi connectivity index (χ1) is 14.1. The lowest BCUT2D eigenvalue weighted by atomic mass is 10.2. The third kappa shape index (κ3) is 8.55. The quantitative estimate of drug-likeness (QED) is 0.625. The highest BCUT2D eigenvalue weighted by atomic mass is 19.1. The average molecular weight is 413 g/mol. The van der Waals surface area contributed by atoms with E-state index in [9.17, 15) is 18.8 Å². The second-order valence-electron chi connectivity index (χ2n) is 7.36. The maximum absolute atomic E-state index is 13.2. The highest BCUT2D eigenvalue weighted by Crippen LogP contribution is 2.15. The molecular weight excluding hydrogens is 389 g/mol. The molecule has 3 N–H and O–H groups in total. The summed E-state index contributed by atoms with van der Waals surface area (Å²) in [5, 5.41) is 7.64. The van der Waals surface area contributed by atoms with Crippen molar-refractivity contribution in [1.82, 2.24) is 5.32 Å². The molecule has 2 aromatic carbocycles. The van der Waals surface area contributed by atoms with Gasteiger partial charge < -0.3 is 20.7 Å². The Morgan fingerprint density at radius 2 is 1.67 bits per heavy atom. The Kier molecular flexibility index (Phi) is 7.69. The van der Waals surface area contributed by atoms with Crippen molar-refractivity contribution >= 4 is 35.4 Å². The van der Waals surface area contributed by atoms with Crippen LogP contribution in [0.4, 0.5) is 20.6 Å². The first-order valence-electron chi connectivity index (χ1n) is 9.22. The number of rotatable bonds is 6. The van der Waals surface area contributed by atoms with Gasteiger partial charge in [-0.25, -0.2) is 9.18 Å². The number of ether oxygens (including phenoxy) is 1. The maximum atomic E-state index is 13.2. The maximum Gasteiger partial charge on any atom is 0.408 e. The van der Waals surface area contributed by atoms with E-state index >= 15 is 0 Å². The second-order valence-corrected chi connectivity index (χ2v) is 7.36. The van der Waals surface area contributed by atoms with Crippen LogP contribution in [0.1, 0.15) is 26.3 Å². The van der Waals surface area contributed by atoms with Crippen molar-refractivity contribution in [3.8, 4) is 0 Å². The fraction of sp³-hybridized carbons (Fsp3) is 0.227. The van der Waals surface area contributed by atoms with E-state index in [0.717, 1.165) is 0 Å². The molecule has 0 saturated carbocycles. The molecule has 0 atom stereocenters. The molecule has 0 aliphatic heterocycles. The van der Waals surface area contributed by atoms with Crippen molar-refractivity contribution in [2.24, 2.45) is 0 Å². The molecule has 0 aromatic heterocycles. The number of amides is 3. The van der Waals surface area contributed by atoms with Gasteiger partial charge in [0.05, 0.1) is 0 Å². The number of nitrogens with one attached hydrogen (secondary N) is 3. The van der Waals surface area contributed by atoms with Gasteiger partial charge in [-0.1, -0.05) is 18.2 Å². The van der Waals surface area contributed by atoms with Crippen LogP contribution in [0.25, 0.3) is 6.08 Å². The van der Waals surface area contributed by atoms with E-state index in [1.807, 2.05) is 0 Å². The zero-order valence-electron chi connectivity index (χ0n) is 17.0. The summed E-state index contributed by atoms with van der Waals surface area (Å²) < 4.78 is 18.2. The summed E-state index contributed by atoms with van der Waals surface area (Å²) in [6.07, 6.45) is 2.08. The summed E-state index contributed by atoms with van der Waals surface area (Å²) in [5.74, 6) is -1.24. The van der Waals surface area contributed by atoms with Crippen molar-refractivity contribution in [3.05, 3.63) is 66.0 Å². The Morgan fingerprint density at radius 1 is 1.00 bits per heavy atom. The molecule has 2 aromatic rings. The van der Waals surface area contributed by atoms with Gasteiger partial charge in [0.25, 0.3) is 0 Å². The molecule has 0 spiro atoms. The van der Waals surface area contributed by atoms with Gasteiger partial charge in [-0.2, -0.15) is 0 Å². The monoisotopic (exact) mass is 413 g/mol. The fourth-order valence-corrected chi connectivity index (χ4v) is 2.31. The molecule has 0 aliphatic rings. The highest BCUT2D eigenvalue weighted by molar-refractivity contribution is 6.02. The predicted octanol–water partition coefficient (Wildman–Crippen LogP) is 3.94. The zero-order valence-corrected chi connectivity index (χ0v) is 17.0. The molecular formula is C22H24FN3O4. The molecule has 0 bridgehead atoms. The molecule has 158 valence electrons. The van der Waals surface area contributed by atoms with Crippen LogP contribution in [0.15, 0.2) is 54.6 Å². The number of carbonyl (C=O) groups excluding carboxylic acids is 3. The lowest BCUT2D eigenvalue weighted by molar-refractivity contribution is -0.115. The van der Waals surface area contributed by atoms with Crippen LogP contribution in [0.5, 0.6) is 0 Å². The highest BCUT2D eigenvalue weighted by Gasteiger charge is 2.16. The summed E-state index contributed by atoms with van der Waals surface area (Å²) in [6.45, 7) is 4.90. The SMILES string of the molecule is CC(C)(C)OC(=O)NCC(=O)Nc1cccc(NC(=O)/C=C/c2cccc(F)c2)c1. The number of anilines is 2. The number of carbonyl (C=O) groups is 3. The van der Waals surface area contributed by atoms with Gasteiger partial charge in [0.2, 0.25) is 11.8 Å². The smallest absolute Gasteiger partial charge is 0.408 e. The van der Waals surface area contributed by atoms with Crippen LogP contribution in [0.3, 0.4) is 0 Å². The van der Waals surface area contributed by atoms with E-state index in [-0.39, 0.29) is 12.4 Å². The van der Waals surface area contributed by atoms with E-state index in [1.54, 1.807) is 57.2 Å². The molecule has 3 amide bonds. The molecule has 0 saturated heterocycles. The summed E-state index contributed by atoms with van der Waals surface area (Å²) in [5.41, 5.74) is 0.805. The Bertz CT molecular complexity index is 951. The molecule has 0 unspecified atom stereocenters. The van der Waals surface area contributed by atoms with E-state index in [2.05, 4.69) is 16.0 Å². The van der Waals surface area contributed by atoms with E-state index in [4.69, 9.17) is 4.74 Å². The predicted molar refractivity (Wildman–Crippen MR) is 113 cm³/mol.